The first kappa shape index (κ1) is 12.2. The van der Waals surface area contributed by atoms with Crippen molar-refractivity contribution >= 4 is 0 Å². The van der Waals surface area contributed by atoms with E-state index in [0.717, 1.165) is 12.0 Å². The average Bonchev–Trinajstić information content (AvgIpc) is 3.13. The molecule has 2 aliphatic rings. The van der Waals surface area contributed by atoms with Gasteiger partial charge in [0.2, 0.25) is 0 Å². The molecule has 2 atom stereocenters. The number of nitrogens with one attached hydrogen (secondary N) is 1. The van der Waals surface area contributed by atoms with Crippen molar-refractivity contribution in [3.8, 4) is 0 Å². The maximum absolute atomic E-state index is 3.95. The molecule has 1 aromatic carbocycles. The van der Waals surface area contributed by atoms with Gasteiger partial charge >= 0.3 is 0 Å². The van der Waals surface area contributed by atoms with Gasteiger partial charge in [0.15, 0.2) is 0 Å². The summed E-state index contributed by atoms with van der Waals surface area (Å²) in [5, 5.41) is 3.95. The summed E-state index contributed by atoms with van der Waals surface area (Å²) in [7, 11) is 0. The first-order chi connectivity index (χ1) is 8.64. The van der Waals surface area contributed by atoms with E-state index in [1.807, 2.05) is 0 Å². The number of rotatable bonds is 4. The van der Waals surface area contributed by atoms with Crippen LogP contribution in [-0.2, 0) is 0 Å². The molecule has 1 heteroatoms. The molecule has 3 rings (SSSR count). The lowest BCUT2D eigenvalue weighted by Gasteiger charge is -2.25. The van der Waals surface area contributed by atoms with Gasteiger partial charge in [-0.25, -0.2) is 0 Å². The fraction of sp³-hybridized carbons (Fsp3) is 0.647. The Bertz CT molecular complexity index is 391. The van der Waals surface area contributed by atoms with Crippen LogP contribution in [0.1, 0.15) is 57.6 Å². The third-order valence-electron chi connectivity index (χ3n) is 4.64. The van der Waals surface area contributed by atoms with Crippen molar-refractivity contribution in [2.45, 2.75) is 58.0 Å². The molecule has 1 N–H and O–H groups in total. The van der Waals surface area contributed by atoms with Crippen LogP contribution >= 0.6 is 0 Å². The molecule has 1 nitrogen and oxygen atoms in total. The van der Waals surface area contributed by atoms with Gasteiger partial charge < -0.3 is 5.32 Å². The second-order valence-corrected chi connectivity index (χ2v) is 7.00. The molecule has 2 unspecified atom stereocenters. The first-order valence-electron chi connectivity index (χ1n) is 7.45. The highest BCUT2D eigenvalue weighted by molar-refractivity contribution is 5.21. The average molecular weight is 243 g/mol. The van der Waals surface area contributed by atoms with Crippen molar-refractivity contribution in [3.63, 3.8) is 0 Å². The zero-order valence-corrected chi connectivity index (χ0v) is 11.7. The van der Waals surface area contributed by atoms with Crippen molar-refractivity contribution in [2.75, 3.05) is 0 Å². The van der Waals surface area contributed by atoms with Gasteiger partial charge in [0, 0.05) is 12.1 Å². The fourth-order valence-corrected chi connectivity index (χ4v) is 3.43. The zero-order valence-electron chi connectivity index (χ0n) is 11.7. The molecule has 0 heterocycles. The van der Waals surface area contributed by atoms with Crippen LogP contribution in [0.3, 0.4) is 0 Å². The fourth-order valence-electron chi connectivity index (χ4n) is 3.43. The Balaban J connectivity index is 1.68. The van der Waals surface area contributed by atoms with E-state index >= 15 is 0 Å². The van der Waals surface area contributed by atoms with Gasteiger partial charge in [-0.15, -0.1) is 0 Å². The van der Waals surface area contributed by atoms with Gasteiger partial charge in [0.05, 0.1) is 0 Å². The second-order valence-electron chi connectivity index (χ2n) is 7.00. The van der Waals surface area contributed by atoms with E-state index in [0.29, 0.717) is 11.5 Å². The maximum atomic E-state index is 3.95. The Morgan fingerprint density at radius 2 is 1.83 bits per heavy atom. The molecule has 0 spiro atoms. The quantitative estimate of drug-likeness (QED) is 0.831. The Kier molecular flexibility index (Phi) is 3.19. The summed E-state index contributed by atoms with van der Waals surface area (Å²) in [5.41, 5.74) is 2.03. The Hall–Kier alpha value is -0.820. The monoisotopic (exact) mass is 243 g/mol. The van der Waals surface area contributed by atoms with Crippen molar-refractivity contribution in [1.82, 2.24) is 5.32 Å². The van der Waals surface area contributed by atoms with Crippen LogP contribution in [0.15, 0.2) is 30.3 Å². The molecule has 1 aromatic rings. The zero-order chi connectivity index (χ0) is 12.6. The minimum atomic E-state index is 0.544. The molecule has 2 fully saturated rings. The summed E-state index contributed by atoms with van der Waals surface area (Å²) >= 11 is 0. The summed E-state index contributed by atoms with van der Waals surface area (Å²) in [6.45, 7) is 4.81. The van der Waals surface area contributed by atoms with Crippen LogP contribution < -0.4 is 5.32 Å². The van der Waals surface area contributed by atoms with E-state index in [1.165, 1.54) is 37.7 Å². The smallest absolute Gasteiger partial charge is 0.0351 e. The molecule has 18 heavy (non-hydrogen) atoms. The Morgan fingerprint density at radius 1 is 1.11 bits per heavy atom. The molecule has 0 aromatic heterocycles. The molecular weight excluding hydrogens is 218 g/mol. The molecule has 2 aliphatic carbocycles. The Morgan fingerprint density at radius 3 is 2.39 bits per heavy atom. The molecular formula is C17H25N. The SMILES string of the molecule is CC1(C)CCC(NC(c2ccccc2)C2CC2)C1. The van der Waals surface area contributed by atoms with Gasteiger partial charge in [-0.1, -0.05) is 44.2 Å². The predicted octanol–water partition coefficient (Wildman–Crippen LogP) is 4.31. The Labute approximate surface area is 111 Å². The van der Waals surface area contributed by atoms with Crippen molar-refractivity contribution in [3.05, 3.63) is 35.9 Å². The van der Waals surface area contributed by atoms with E-state index in [4.69, 9.17) is 0 Å². The predicted molar refractivity (Wildman–Crippen MR) is 76.5 cm³/mol. The molecule has 0 amide bonds. The van der Waals surface area contributed by atoms with Crippen LogP contribution in [0.5, 0.6) is 0 Å². The number of benzene rings is 1. The largest absolute Gasteiger partial charge is 0.307 e. The van der Waals surface area contributed by atoms with Crippen LogP contribution in [0.4, 0.5) is 0 Å². The van der Waals surface area contributed by atoms with Crippen LogP contribution in [0, 0.1) is 11.3 Å². The van der Waals surface area contributed by atoms with Gasteiger partial charge in [0.1, 0.15) is 0 Å². The molecule has 2 saturated carbocycles. The van der Waals surface area contributed by atoms with E-state index in [-0.39, 0.29) is 0 Å². The van der Waals surface area contributed by atoms with E-state index < -0.39 is 0 Å². The van der Waals surface area contributed by atoms with E-state index in [2.05, 4.69) is 49.5 Å². The highest BCUT2D eigenvalue weighted by Crippen LogP contribution is 2.44. The summed E-state index contributed by atoms with van der Waals surface area (Å²) in [5.74, 6) is 0.885. The first-order valence-corrected chi connectivity index (χ1v) is 7.45. The summed E-state index contributed by atoms with van der Waals surface area (Å²) < 4.78 is 0. The third kappa shape index (κ3) is 2.77. The molecule has 0 radical (unpaired) electrons. The summed E-state index contributed by atoms with van der Waals surface area (Å²) in [6.07, 6.45) is 6.87. The third-order valence-corrected chi connectivity index (χ3v) is 4.64. The van der Waals surface area contributed by atoms with Gasteiger partial charge in [-0.05, 0) is 49.0 Å². The minimum absolute atomic E-state index is 0.544. The van der Waals surface area contributed by atoms with Crippen LogP contribution in [-0.4, -0.2) is 6.04 Å². The van der Waals surface area contributed by atoms with Crippen molar-refractivity contribution in [1.29, 1.82) is 0 Å². The summed E-state index contributed by atoms with van der Waals surface area (Å²) in [6, 6.07) is 12.4. The van der Waals surface area contributed by atoms with Crippen LogP contribution in [0.2, 0.25) is 0 Å². The molecule has 0 bridgehead atoms. The highest BCUT2D eigenvalue weighted by atomic mass is 15.0. The van der Waals surface area contributed by atoms with Gasteiger partial charge in [0.25, 0.3) is 0 Å². The van der Waals surface area contributed by atoms with E-state index in [1.54, 1.807) is 0 Å². The number of hydrogen-bond acceptors (Lipinski definition) is 1. The molecule has 0 aliphatic heterocycles. The lowest BCUT2D eigenvalue weighted by atomic mass is 9.91. The van der Waals surface area contributed by atoms with Crippen molar-refractivity contribution < 1.29 is 0 Å². The minimum Gasteiger partial charge on any atom is -0.307 e. The lowest BCUT2D eigenvalue weighted by Crippen LogP contribution is -2.32. The normalized spacial score (nSPS) is 28.2. The standard InChI is InChI=1S/C17H25N/c1-17(2)11-10-15(12-17)18-16(14-8-9-14)13-6-4-3-5-7-13/h3-7,14-16,18H,8-12H2,1-2H3. The lowest BCUT2D eigenvalue weighted by molar-refractivity contribution is 0.344. The van der Waals surface area contributed by atoms with Crippen molar-refractivity contribution in [2.24, 2.45) is 11.3 Å². The topological polar surface area (TPSA) is 12.0 Å². The second kappa shape index (κ2) is 4.70. The maximum Gasteiger partial charge on any atom is 0.0351 e. The van der Waals surface area contributed by atoms with E-state index in [9.17, 15) is 0 Å². The van der Waals surface area contributed by atoms with Gasteiger partial charge in [-0.3, -0.25) is 0 Å². The van der Waals surface area contributed by atoms with Gasteiger partial charge in [-0.2, -0.15) is 0 Å². The number of hydrogen-bond donors (Lipinski definition) is 1. The molecule has 98 valence electrons. The highest BCUT2D eigenvalue weighted by Gasteiger charge is 2.37. The summed E-state index contributed by atoms with van der Waals surface area (Å²) in [4.78, 5) is 0. The molecule has 0 saturated heterocycles. The van der Waals surface area contributed by atoms with Crippen LogP contribution in [0.25, 0.3) is 0 Å².